The molecule has 0 aliphatic heterocycles. The van der Waals surface area contributed by atoms with E-state index in [4.69, 9.17) is 10.3 Å². The predicted molar refractivity (Wildman–Crippen MR) is 53.9 cm³/mol. The minimum absolute atomic E-state index is 0.0737. The van der Waals surface area contributed by atoms with Crippen molar-refractivity contribution in [1.82, 2.24) is 0 Å². The lowest BCUT2D eigenvalue weighted by atomic mass is 10.1. The number of rotatable bonds is 4. The second-order valence-electron chi connectivity index (χ2n) is 4.37. The molecular formula is C9H16F3N3O. The number of nitrogens with zero attached hydrogens (tertiary/aromatic N) is 3. The third-order valence-corrected chi connectivity index (χ3v) is 1.77. The smallest absolute Gasteiger partial charge is 0.363 e. The molecule has 0 rings (SSSR count). The molecule has 7 heteroatoms. The van der Waals surface area contributed by atoms with Crippen molar-refractivity contribution in [3.8, 4) is 0 Å². The maximum Gasteiger partial charge on any atom is 0.415 e. The van der Waals surface area contributed by atoms with E-state index in [1.165, 1.54) is 27.7 Å². The van der Waals surface area contributed by atoms with Crippen molar-refractivity contribution < 1.29 is 17.9 Å². The zero-order chi connectivity index (χ0) is 13.0. The minimum atomic E-state index is -4.54. The van der Waals surface area contributed by atoms with Crippen molar-refractivity contribution in [1.29, 1.82) is 0 Å². The molecule has 0 aliphatic carbocycles. The van der Waals surface area contributed by atoms with Crippen molar-refractivity contribution >= 4 is 0 Å². The Balaban J connectivity index is 5.00. The molecule has 94 valence electrons. The van der Waals surface area contributed by atoms with E-state index in [0.717, 1.165) is 0 Å². The van der Waals surface area contributed by atoms with Crippen LogP contribution in [0.1, 0.15) is 34.1 Å². The van der Waals surface area contributed by atoms with Gasteiger partial charge in [0.2, 0.25) is 0 Å². The minimum Gasteiger partial charge on any atom is -0.363 e. The van der Waals surface area contributed by atoms with Crippen LogP contribution < -0.4 is 0 Å². The Morgan fingerprint density at radius 2 is 1.81 bits per heavy atom. The van der Waals surface area contributed by atoms with Gasteiger partial charge in [-0.1, -0.05) is 12.0 Å². The van der Waals surface area contributed by atoms with Crippen molar-refractivity contribution in [3.63, 3.8) is 0 Å². The number of hydrogen-bond acceptors (Lipinski definition) is 2. The summed E-state index contributed by atoms with van der Waals surface area (Å²) in [6.07, 6.45) is -6.53. The van der Waals surface area contributed by atoms with Gasteiger partial charge in [-0.25, -0.2) is 0 Å². The summed E-state index contributed by atoms with van der Waals surface area (Å²) in [5.41, 5.74) is 7.27. The van der Waals surface area contributed by atoms with E-state index >= 15 is 0 Å². The maximum atomic E-state index is 12.7. The van der Waals surface area contributed by atoms with Crippen LogP contribution in [0.4, 0.5) is 13.2 Å². The first kappa shape index (κ1) is 15.1. The van der Waals surface area contributed by atoms with Crippen molar-refractivity contribution in [3.05, 3.63) is 10.4 Å². The van der Waals surface area contributed by atoms with Gasteiger partial charge in [0, 0.05) is 4.91 Å². The first-order valence-corrected chi connectivity index (χ1v) is 4.90. The van der Waals surface area contributed by atoms with Crippen LogP contribution in [0, 0.1) is 0 Å². The molecule has 0 N–H and O–H groups in total. The van der Waals surface area contributed by atoms with Gasteiger partial charge in [0.15, 0.2) is 6.10 Å². The van der Waals surface area contributed by atoms with Gasteiger partial charge < -0.3 is 4.74 Å². The van der Waals surface area contributed by atoms with Crippen LogP contribution in [0.5, 0.6) is 0 Å². The maximum absolute atomic E-state index is 12.7. The van der Waals surface area contributed by atoms with Crippen LogP contribution in [0.15, 0.2) is 5.11 Å². The second-order valence-corrected chi connectivity index (χ2v) is 4.37. The zero-order valence-corrected chi connectivity index (χ0v) is 9.75. The summed E-state index contributed by atoms with van der Waals surface area (Å²) in [6.45, 7) is 6.09. The highest BCUT2D eigenvalue weighted by atomic mass is 19.4. The third-order valence-electron chi connectivity index (χ3n) is 1.77. The molecule has 4 nitrogen and oxygen atoms in total. The Morgan fingerprint density at radius 1 is 1.31 bits per heavy atom. The molecule has 0 bridgehead atoms. The summed E-state index contributed by atoms with van der Waals surface area (Å²) in [5.74, 6) is 0. The van der Waals surface area contributed by atoms with E-state index in [-0.39, 0.29) is 6.42 Å². The van der Waals surface area contributed by atoms with Gasteiger partial charge in [-0.2, -0.15) is 13.2 Å². The molecule has 0 aromatic heterocycles. The van der Waals surface area contributed by atoms with Gasteiger partial charge in [0.05, 0.1) is 11.6 Å². The SMILES string of the molecule is CC[C@H](N=[N+]=[N-])[C@H](OC(C)(C)C)C(F)(F)F. The van der Waals surface area contributed by atoms with Crippen molar-refractivity contribution in [2.45, 2.75) is 58.0 Å². The molecule has 0 aliphatic rings. The van der Waals surface area contributed by atoms with Gasteiger partial charge in [-0.3, -0.25) is 0 Å². The fraction of sp³-hybridized carbons (Fsp3) is 1.00. The fourth-order valence-corrected chi connectivity index (χ4v) is 1.17. The lowest BCUT2D eigenvalue weighted by Crippen LogP contribution is -2.45. The molecule has 0 amide bonds. The summed E-state index contributed by atoms with van der Waals surface area (Å²) >= 11 is 0. The number of alkyl halides is 3. The van der Waals surface area contributed by atoms with Crippen molar-refractivity contribution in [2.75, 3.05) is 0 Å². The molecular weight excluding hydrogens is 223 g/mol. The van der Waals surface area contributed by atoms with Crippen LogP contribution >= 0.6 is 0 Å². The molecule has 16 heavy (non-hydrogen) atoms. The Hall–Kier alpha value is -0.940. The van der Waals surface area contributed by atoms with E-state index in [2.05, 4.69) is 10.0 Å². The standard InChI is InChI=1S/C9H16F3N3O/c1-5-6(14-15-13)7(9(10,11)12)16-8(2,3)4/h6-7H,5H2,1-4H3/t6-,7-/m0/s1. The summed E-state index contributed by atoms with van der Waals surface area (Å²) in [7, 11) is 0. The lowest BCUT2D eigenvalue weighted by Gasteiger charge is -2.32. The molecule has 0 spiro atoms. The Kier molecular flexibility index (Phi) is 5.09. The Morgan fingerprint density at radius 3 is 2.06 bits per heavy atom. The first-order valence-electron chi connectivity index (χ1n) is 4.90. The molecule has 0 radical (unpaired) electrons. The second kappa shape index (κ2) is 5.41. The summed E-state index contributed by atoms with van der Waals surface area (Å²) < 4.78 is 43.0. The molecule has 0 fully saturated rings. The average Bonchev–Trinajstić information content (AvgIpc) is 2.07. The quantitative estimate of drug-likeness (QED) is 0.418. The monoisotopic (exact) mass is 239 g/mol. The number of hydrogen-bond donors (Lipinski definition) is 0. The van der Waals surface area contributed by atoms with Gasteiger partial charge >= 0.3 is 6.18 Å². The van der Waals surface area contributed by atoms with Gasteiger partial charge in [0.1, 0.15) is 0 Å². The molecule has 0 unspecified atom stereocenters. The topological polar surface area (TPSA) is 58.0 Å². The predicted octanol–water partition coefficient (Wildman–Crippen LogP) is 3.82. The highest BCUT2D eigenvalue weighted by Crippen LogP contribution is 2.31. The highest BCUT2D eigenvalue weighted by Gasteiger charge is 2.46. The summed E-state index contributed by atoms with van der Waals surface area (Å²) in [6, 6.07) is -1.23. The van der Waals surface area contributed by atoms with Gasteiger partial charge in [-0.15, -0.1) is 0 Å². The molecule has 0 saturated heterocycles. The Bertz CT molecular complexity index is 266. The van der Waals surface area contributed by atoms with Gasteiger partial charge in [-0.05, 0) is 32.7 Å². The van der Waals surface area contributed by atoms with Crippen molar-refractivity contribution in [2.24, 2.45) is 5.11 Å². The summed E-state index contributed by atoms with van der Waals surface area (Å²) in [4.78, 5) is 2.42. The zero-order valence-electron chi connectivity index (χ0n) is 9.75. The molecule has 0 aromatic rings. The largest absolute Gasteiger partial charge is 0.415 e. The van der Waals surface area contributed by atoms with Crippen LogP contribution in [-0.4, -0.2) is 23.9 Å². The lowest BCUT2D eigenvalue weighted by molar-refractivity contribution is -0.251. The van der Waals surface area contributed by atoms with Crippen LogP contribution in [-0.2, 0) is 4.74 Å². The molecule has 0 heterocycles. The molecule has 2 atom stereocenters. The van der Waals surface area contributed by atoms with E-state index in [1.54, 1.807) is 0 Å². The van der Waals surface area contributed by atoms with E-state index in [1.807, 2.05) is 0 Å². The molecule has 0 aromatic carbocycles. The highest BCUT2D eigenvalue weighted by molar-refractivity contribution is 4.84. The summed E-state index contributed by atoms with van der Waals surface area (Å²) in [5, 5.41) is 3.13. The third kappa shape index (κ3) is 5.23. The fourth-order valence-electron chi connectivity index (χ4n) is 1.17. The van der Waals surface area contributed by atoms with Crippen LogP contribution in [0.2, 0.25) is 0 Å². The Labute approximate surface area is 92.4 Å². The van der Waals surface area contributed by atoms with Crippen LogP contribution in [0.3, 0.4) is 0 Å². The van der Waals surface area contributed by atoms with Crippen LogP contribution in [0.25, 0.3) is 10.4 Å². The van der Waals surface area contributed by atoms with E-state index < -0.39 is 23.9 Å². The first-order chi connectivity index (χ1) is 7.11. The number of halogens is 3. The van der Waals surface area contributed by atoms with Gasteiger partial charge in [0.25, 0.3) is 0 Å². The van der Waals surface area contributed by atoms with E-state index in [9.17, 15) is 13.2 Å². The normalized spacial score (nSPS) is 16.4. The van der Waals surface area contributed by atoms with E-state index in [0.29, 0.717) is 0 Å². The molecule has 0 saturated carbocycles. The number of azide groups is 1. The number of ether oxygens (including phenoxy) is 1. The average molecular weight is 239 g/mol.